The quantitative estimate of drug-likeness (QED) is 0.672. The number of benzene rings is 1. The van der Waals surface area contributed by atoms with E-state index in [1.54, 1.807) is 21.3 Å². The molecule has 0 aliphatic carbocycles. The number of hydrogen-bond donors (Lipinski definition) is 0. The molecule has 0 bridgehead atoms. The van der Waals surface area contributed by atoms with Crippen molar-refractivity contribution in [3.05, 3.63) is 35.9 Å². The molecule has 0 aliphatic heterocycles. The summed E-state index contributed by atoms with van der Waals surface area (Å²) in [4.78, 5) is 0. The largest absolute Gasteiger partial charge is 0.384 e. The minimum Gasteiger partial charge on any atom is -0.384 e. The topological polar surface area (TPSA) is 27.7 Å². The molecular weight excluding hydrogens is 192 g/mol. The Morgan fingerprint density at radius 3 is 2.07 bits per heavy atom. The highest BCUT2D eigenvalue weighted by Gasteiger charge is 2.22. The normalized spacial score (nSPS) is 13.1. The van der Waals surface area contributed by atoms with E-state index in [-0.39, 0.29) is 12.2 Å². The highest BCUT2D eigenvalue weighted by Crippen LogP contribution is 2.22. The number of rotatable bonds is 6. The van der Waals surface area contributed by atoms with Gasteiger partial charge in [-0.15, -0.1) is 0 Å². The zero-order valence-corrected chi connectivity index (χ0v) is 9.47. The van der Waals surface area contributed by atoms with Crippen LogP contribution in [0.25, 0.3) is 0 Å². The van der Waals surface area contributed by atoms with Gasteiger partial charge in [-0.3, -0.25) is 0 Å². The maximum absolute atomic E-state index is 5.27. The average Bonchev–Trinajstić information content (AvgIpc) is 2.30. The third-order valence-electron chi connectivity index (χ3n) is 2.37. The van der Waals surface area contributed by atoms with E-state index in [0.29, 0.717) is 6.61 Å². The van der Waals surface area contributed by atoms with Crippen molar-refractivity contribution in [2.45, 2.75) is 12.2 Å². The number of ether oxygens (including phenoxy) is 3. The molecule has 15 heavy (non-hydrogen) atoms. The van der Waals surface area contributed by atoms with Crippen molar-refractivity contribution in [2.75, 3.05) is 27.9 Å². The number of methoxy groups -OCH3 is 3. The van der Waals surface area contributed by atoms with Gasteiger partial charge in [-0.2, -0.15) is 0 Å². The summed E-state index contributed by atoms with van der Waals surface area (Å²) >= 11 is 0. The standard InChI is InChI=1S/C12H18O3/c1-13-9-11(12(14-2)15-3)10-7-5-4-6-8-10/h4-8,11-12H,9H2,1-3H3. The van der Waals surface area contributed by atoms with Gasteiger partial charge in [-0.25, -0.2) is 0 Å². The first kappa shape index (κ1) is 12.2. The van der Waals surface area contributed by atoms with Gasteiger partial charge in [0, 0.05) is 21.3 Å². The number of hydrogen-bond acceptors (Lipinski definition) is 3. The molecule has 1 unspecified atom stereocenters. The van der Waals surface area contributed by atoms with Gasteiger partial charge in [-0.05, 0) is 5.56 Å². The zero-order chi connectivity index (χ0) is 11.1. The fourth-order valence-corrected chi connectivity index (χ4v) is 1.64. The summed E-state index contributed by atoms with van der Waals surface area (Å²) in [6, 6.07) is 10.1. The molecule has 1 aromatic rings. The molecule has 3 heteroatoms. The predicted octanol–water partition coefficient (Wildman–Crippen LogP) is 2.04. The van der Waals surface area contributed by atoms with Gasteiger partial charge in [0.05, 0.1) is 12.5 Å². The van der Waals surface area contributed by atoms with Gasteiger partial charge in [-0.1, -0.05) is 30.3 Å². The Labute approximate surface area is 91.0 Å². The van der Waals surface area contributed by atoms with E-state index in [0.717, 1.165) is 5.56 Å². The van der Waals surface area contributed by atoms with Crippen LogP contribution in [0.15, 0.2) is 30.3 Å². The minimum absolute atomic E-state index is 0.103. The summed E-state index contributed by atoms with van der Waals surface area (Å²) in [5.74, 6) is 0.103. The molecule has 1 atom stereocenters. The van der Waals surface area contributed by atoms with Crippen molar-refractivity contribution in [1.29, 1.82) is 0 Å². The van der Waals surface area contributed by atoms with Crippen molar-refractivity contribution in [3.8, 4) is 0 Å². The van der Waals surface area contributed by atoms with Crippen LogP contribution in [0.1, 0.15) is 11.5 Å². The second-order valence-electron chi connectivity index (χ2n) is 3.31. The summed E-state index contributed by atoms with van der Waals surface area (Å²) in [6.07, 6.45) is -0.271. The highest BCUT2D eigenvalue weighted by atomic mass is 16.7. The molecule has 0 spiro atoms. The molecule has 0 fully saturated rings. The first-order chi connectivity index (χ1) is 7.33. The van der Waals surface area contributed by atoms with E-state index in [4.69, 9.17) is 14.2 Å². The summed E-state index contributed by atoms with van der Waals surface area (Å²) in [5.41, 5.74) is 1.16. The third kappa shape index (κ3) is 3.30. The zero-order valence-electron chi connectivity index (χ0n) is 9.47. The Morgan fingerprint density at radius 2 is 1.60 bits per heavy atom. The summed E-state index contributed by atoms with van der Waals surface area (Å²) in [7, 11) is 4.96. The molecule has 0 saturated heterocycles. The Kier molecular flexibility index (Phi) is 5.32. The fourth-order valence-electron chi connectivity index (χ4n) is 1.64. The smallest absolute Gasteiger partial charge is 0.165 e. The maximum Gasteiger partial charge on any atom is 0.165 e. The lowest BCUT2D eigenvalue weighted by Gasteiger charge is -2.24. The van der Waals surface area contributed by atoms with Crippen molar-refractivity contribution in [1.82, 2.24) is 0 Å². The summed E-state index contributed by atoms with van der Waals surface area (Å²) in [6.45, 7) is 0.580. The first-order valence-corrected chi connectivity index (χ1v) is 4.93. The minimum atomic E-state index is -0.271. The van der Waals surface area contributed by atoms with Crippen LogP contribution in [0.5, 0.6) is 0 Å². The monoisotopic (exact) mass is 210 g/mol. The molecule has 0 saturated carbocycles. The Morgan fingerprint density at radius 1 is 1.00 bits per heavy atom. The van der Waals surface area contributed by atoms with E-state index in [2.05, 4.69) is 12.1 Å². The molecular formula is C12H18O3. The predicted molar refractivity (Wildman–Crippen MR) is 58.9 cm³/mol. The van der Waals surface area contributed by atoms with Crippen LogP contribution in [0, 0.1) is 0 Å². The summed E-state index contributed by atoms with van der Waals surface area (Å²) < 4.78 is 15.7. The van der Waals surface area contributed by atoms with Gasteiger partial charge in [0.1, 0.15) is 0 Å². The van der Waals surface area contributed by atoms with Crippen molar-refractivity contribution < 1.29 is 14.2 Å². The highest BCUT2D eigenvalue weighted by molar-refractivity contribution is 5.20. The Hall–Kier alpha value is -0.900. The molecule has 0 amide bonds. The van der Waals surface area contributed by atoms with E-state index >= 15 is 0 Å². The fraction of sp³-hybridized carbons (Fsp3) is 0.500. The van der Waals surface area contributed by atoms with E-state index in [1.165, 1.54) is 0 Å². The summed E-state index contributed by atoms with van der Waals surface area (Å²) in [5, 5.41) is 0. The maximum atomic E-state index is 5.27. The molecule has 0 N–H and O–H groups in total. The van der Waals surface area contributed by atoms with Gasteiger partial charge in [0.15, 0.2) is 6.29 Å². The molecule has 0 aliphatic rings. The van der Waals surface area contributed by atoms with Crippen LogP contribution in [-0.2, 0) is 14.2 Å². The van der Waals surface area contributed by atoms with Crippen LogP contribution in [0.4, 0.5) is 0 Å². The van der Waals surface area contributed by atoms with Crippen LogP contribution >= 0.6 is 0 Å². The molecule has 3 nitrogen and oxygen atoms in total. The Balaban J connectivity index is 2.81. The Bertz CT molecular complexity index is 257. The van der Waals surface area contributed by atoms with E-state index < -0.39 is 0 Å². The van der Waals surface area contributed by atoms with Crippen LogP contribution in [0.2, 0.25) is 0 Å². The molecule has 0 aromatic heterocycles. The van der Waals surface area contributed by atoms with Crippen molar-refractivity contribution in [3.63, 3.8) is 0 Å². The first-order valence-electron chi connectivity index (χ1n) is 4.93. The van der Waals surface area contributed by atoms with Crippen molar-refractivity contribution >= 4 is 0 Å². The lowest BCUT2D eigenvalue weighted by Crippen LogP contribution is -2.26. The van der Waals surface area contributed by atoms with Gasteiger partial charge >= 0.3 is 0 Å². The van der Waals surface area contributed by atoms with E-state index in [9.17, 15) is 0 Å². The van der Waals surface area contributed by atoms with Crippen LogP contribution < -0.4 is 0 Å². The second kappa shape index (κ2) is 6.56. The van der Waals surface area contributed by atoms with Gasteiger partial charge in [0.2, 0.25) is 0 Å². The van der Waals surface area contributed by atoms with Crippen LogP contribution in [0.3, 0.4) is 0 Å². The van der Waals surface area contributed by atoms with Crippen molar-refractivity contribution in [2.24, 2.45) is 0 Å². The van der Waals surface area contributed by atoms with Gasteiger partial charge in [0.25, 0.3) is 0 Å². The molecule has 1 rings (SSSR count). The molecule has 1 aromatic carbocycles. The van der Waals surface area contributed by atoms with E-state index in [1.807, 2.05) is 18.2 Å². The third-order valence-corrected chi connectivity index (χ3v) is 2.37. The lowest BCUT2D eigenvalue weighted by molar-refractivity contribution is -0.127. The molecule has 0 heterocycles. The second-order valence-corrected chi connectivity index (χ2v) is 3.31. The lowest BCUT2D eigenvalue weighted by atomic mass is 9.99. The molecule has 84 valence electrons. The van der Waals surface area contributed by atoms with Crippen LogP contribution in [-0.4, -0.2) is 34.2 Å². The van der Waals surface area contributed by atoms with Gasteiger partial charge < -0.3 is 14.2 Å². The SMILES string of the molecule is COCC(c1ccccc1)C(OC)OC. The molecule has 0 radical (unpaired) electrons. The average molecular weight is 210 g/mol.